The fraction of sp³-hybridized carbons (Fsp3) is 0.429. The molecule has 1 aliphatic carbocycles. The minimum Gasteiger partial charge on any atom is -0.361 e. The molecule has 0 radical (unpaired) electrons. The minimum absolute atomic E-state index is 0.168. The molecule has 2 aromatic rings. The van der Waals surface area contributed by atoms with Crippen LogP contribution in [0.15, 0.2) is 24.4 Å². The molecule has 0 atom stereocenters. The quantitative estimate of drug-likeness (QED) is 0.810. The van der Waals surface area contributed by atoms with Gasteiger partial charge in [0.2, 0.25) is 0 Å². The van der Waals surface area contributed by atoms with Gasteiger partial charge in [0.25, 0.3) is 0 Å². The number of benzene rings is 1. The van der Waals surface area contributed by atoms with E-state index in [1.54, 1.807) is 0 Å². The molecule has 0 aliphatic heterocycles. The molecule has 0 unspecified atom stereocenters. The molecule has 2 nitrogen and oxygen atoms in total. The van der Waals surface area contributed by atoms with Crippen molar-refractivity contribution in [3.8, 4) is 0 Å². The van der Waals surface area contributed by atoms with Gasteiger partial charge in [-0.3, -0.25) is 0 Å². The van der Waals surface area contributed by atoms with E-state index < -0.39 is 0 Å². The Morgan fingerprint density at radius 3 is 2.94 bits per heavy atom. The fourth-order valence-corrected chi connectivity index (χ4v) is 2.38. The lowest BCUT2D eigenvalue weighted by Crippen LogP contribution is -2.22. The average Bonchev–Trinajstić information content (AvgIpc) is 2.79. The molecule has 0 spiro atoms. The molecule has 16 heavy (non-hydrogen) atoms. The smallest absolute Gasteiger partial charge is 0.0483 e. The first-order valence-corrected chi connectivity index (χ1v) is 6.02. The van der Waals surface area contributed by atoms with Crippen molar-refractivity contribution in [2.45, 2.75) is 38.1 Å². The van der Waals surface area contributed by atoms with Gasteiger partial charge in [-0.05, 0) is 61.3 Å². The Kier molecular flexibility index (Phi) is 2.08. The molecule has 0 saturated heterocycles. The van der Waals surface area contributed by atoms with Crippen molar-refractivity contribution < 1.29 is 0 Å². The summed E-state index contributed by atoms with van der Waals surface area (Å²) < 4.78 is 0. The second-order valence-corrected chi connectivity index (χ2v) is 5.22. The zero-order chi connectivity index (χ0) is 11.2. The molecule has 1 heterocycles. The van der Waals surface area contributed by atoms with Gasteiger partial charge in [-0.2, -0.15) is 0 Å². The van der Waals surface area contributed by atoms with Crippen molar-refractivity contribution >= 4 is 10.9 Å². The number of aryl methyl sites for hydroxylation is 2. The molecular formula is C14H18N2. The Morgan fingerprint density at radius 2 is 2.19 bits per heavy atom. The van der Waals surface area contributed by atoms with Crippen LogP contribution in [-0.2, 0) is 6.42 Å². The van der Waals surface area contributed by atoms with Gasteiger partial charge in [0.15, 0.2) is 0 Å². The first-order chi connectivity index (χ1) is 7.66. The number of nitrogens with one attached hydrogen (secondary N) is 1. The summed E-state index contributed by atoms with van der Waals surface area (Å²) in [5.41, 5.74) is 10.3. The van der Waals surface area contributed by atoms with Crippen LogP contribution in [0.5, 0.6) is 0 Å². The van der Waals surface area contributed by atoms with Gasteiger partial charge in [-0.15, -0.1) is 0 Å². The molecule has 0 amide bonds. The van der Waals surface area contributed by atoms with E-state index in [0.717, 1.165) is 12.8 Å². The first-order valence-electron chi connectivity index (χ1n) is 6.02. The Morgan fingerprint density at radius 1 is 1.38 bits per heavy atom. The van der Waals surface area contributed by atoms with Gasteiger partial charge >= 0.3 is 0 Å². The highest BCUT2D eigenvalue weighted by molar-refractivity contribution is 5.83. The first kappa shape index (κ1) is 9.91. The molecule has 1 fully saturated rings. The van der Waals surface area contributed by atoms with Crippen molar-refractivity contribution in [1.82, 2.24) is 4.98 Å². The van der Waals surface area contributed by atoms with Crippen molar-refractivity contribution in [2.24, 2.45) is 5.73 Å². The summed E-state index contributed by atoms with van der Waals surface area (Å²) in [7, 11) is 0. The van der Waals surface area contributed by atoms with Crippen LogP contribution >= 0.6 is 0 Å². The van der Waals surface area contributed by atoms with Gasteiger partial charge in [0.05, 0.1) is 0 Å². The van der Waals surface area contributed by atoms with Gasteiger partial charge < -0.3 is 10.7 Å². The van der Waals surface area contributed by atoms with Crippen LogP contribution in [0.4, 0.5) is 0 Å². The lowest BCUT2D eigenvalue weighted by Gasteiger charge is -2.09. The van der Waals surface area contributed by atoms with Crippen LogP contribution in [0.2, 0.25) is 0 Å². The van der Waals surface area contributed by atoms with Crippen LogP contribution in [0.25, 0.3) is 10.9 Å². The molecule has 1 aromatic heterocycles. The summed E-state index contributed by atoms with van der Waals surface area (Å²) in [4.78, 5) is 3.28. The molecular weight excluding hydrogens is 196 g/mol. The minimum atomic E-state index is 0.168. The van der Waals surface area contributed by atoms with Crippen LogP contribution in [0.3, 0.4) is 0 Å². The molecule has 84 valence electrons. The fourth-order valence-electron chi connectivity index (χ4n) is 2.38. The number of nitrogens with two attached hydrogens (primary N) is 1. The molecule has 2 heteroatoms. The molecule has 3 rings (SSSR count). The summed E-state index contributed by atoms with van der Waals surface area (Å²) in [6.07, 6.45) is 6.66. The number of rotatable bonds is 3. The van der Waals surface area contributed by atoms with Gasteiger partial charge in [0.1, 0.15) is 0 Å². The number of hydrogen-bond donors (Lipinski definition) is 2. The summed E-state index contributed by atoms with van der Waals surface area (Å²) in [5, 5.41) is 1.32. The van der Waals surface area contributed by atoms with Gasteiger partial charge in [-0.1, -0.05) is 6.07 Å². The molecule has 3 N–H and O–H groups in total. The van der Waals surface area contributed by atoms with E-state index in [9.17, 15) is 0 Å². The largest absolute Gasteiger partial charge is 0.361 e. The highest BCUT2D eigenvalue weighted by Crippen LogP contribution is 2.36. The van der Waals surface area contributed by atoms with E-state index in [1.165, 1.54) is 34.9 Å². The van der Waals surface area contributed by atoms with E-state index >= 15 is 0 Å². The second-order valence-electron chi connectivity index (χ2n) is 5.22. The van der Waals surface area contributed by atoms with Crippen molar-refractivity contribution in [2.75, 3.05) is 0 Å². The third-order valence-corrected chi connectivity index (χ3v) is 3.72. The summed E-state index contributed by atoms with van der Waals surface area (Å²) in [5.74, 6) is 0. The van der Waals surface area contributed by atoms with E-state index in [0.29, 0.717) is 0 Å². The van der Waals surface area contributed by atoms with Gasteiger partial charge in [0, 0.05) is 17.3 Å². The van der Waals surface area contributed by atoms with E-state index in [4.69, 9.17) is 5.73 Å². The molecule has 1 aliphatic rings. The number of hydrogen-bond acceptors (Lipinski definition) is 1. The molecule has 0 bridgehead atoms. The monoisotopic (exact) mass is 214 g/mol. The average molecular weight is 214 g/mol. The Balaban J connectivity index is 1.86. The lowest BCUT2D eigenvalue weighted by atomic mass is 10.0. The Bertz CT molecular complexity index is 521. The third kappa shape index (κ3) is 1.74. The standard InChI is InChI=1S/C14H18N2/c1-10-8-11(2-4-14(15)5-6-14)9-12-3-7-16-13(10)12/h3,7-9,16H,2,4-6,15H2,1H3. The third-order valence-electron chi connectivity index (χ3n) is 3.72. The SMILES string of the molecule is Cc1cc(CCC2(N)CC2)cc2cc[nH]c12. The van der Waals surface area contributed by atoms with Crippen molar-refractivity contribution in [3.05, 3.63) is 35.5 Å². The summed E-state index contributed by atoms with van der Waals surface area (Å²) >= 11 is 0. The van der Waals surface area contributed by atoms with Crippen LogP contribution in [-0.4, -0.2) is 10.5 Å². The zero-order valence-electron chi connectivity index (χ0n) is 9.72. The predicted molar refractivity (Wildman–Crippen MR) is 67.5 cm³/mol. The van der Waals surface area contributed by atoms with E-state index in [-0.39, 0.29) is 5.54 Å². The molecule has 1 saturated carbocycles. The number of aromatic amines is 1. The number of H-pyrrole nitrogens is 1. The number of aromatic nitrogens is 1. The van der Waals surface area contributed by atoms with E-state index in [1.807, 2.05) is 6.20 Å². The highest BCUT2D eigenvalue weighted by atomic mass is 14.8. The van der Waals surface area contributed by atoms with Gasteiger partial charge in [-0.25, -0.2) is 0 Å². The van der Waals surface area contributed by atoms with Crippen LogP contribution in [0, 0.1) is 6.92 Å². The van der Waals surface area contributed by atoms with Crippen LogP contribution in [0.1, 0.15) is 30.4 Å². The predicted octanol–water partition coefficient (Wildman–Crippen LogP) is 2.90. The lowest BCUT2D eigenvalue weighted by molar-refractivity contribution is 0.609. The van der Waals surface area contributed by atoms with Crippen LogP contribution < -0.4 is 5.73 Å². The Hall–Kier alpha value is -1.28. The summed E-state index contributed by atoms with van der Waals surface area (Å²) in [6, 6.07) is 6.70. The maximum absolute atomic E-state index is 6.12. The Labute approximate surface area is 95.8 Å². The normalized spacial score (nSPS) is 17.9. The highest BCUT2D eigenvalue weighted by Gasteiger charge is 2.37. The van der Waals surface area contributed by atoms with E-state index in [2.05, 4.69) is 30.1 Å². The summed E-state index contributed by atoms with van der Waals surface area (Å²) in [6.45, 7) is 2.16. The van der Waals surface area contributed by atoms with Crippen molar-refractivity contribution in [1.29, 1.82) is 0 Å². The molecule has 1 aromatic carbocycles. The maximum atomic E-state index is 6.12. The zero-order valence-corrected chi connectivity index (χ0v) is 9.72. The van der Waals surface area contributed by atoms with Crippen molar-refractivity contribution in [3.63, 3.8) is 0 Å². The number of fused-ring (bicyclic) bond motifs is 1. The topological polar surface area (TPSA) is 41.8 Å². The second kappa shape index (κ2) is 3.36. The maximum Gasteiger partial charge on any atom is 0.0483 e.